The first-order valence-electron chi connectivity index (χ1n) is 5.35. The SMILES string of the molecule is NC[C@@H]1C[C@H]1c1cccc2c1CCO2. The predicted octanol–water partition coefficient (Wildman–Crippen LogP) is 1.68. The standard InChI is InChI=1S/C12H15NO/c13-7-8-6-11(8)9-2-1-3-12-10(9)4-5-14-12/h1-3,8,11H,4-7,13H2/t8-,11+/m0/s1. The molecule has 0 aromatic heterocycles. The van der Waals surface area contributed by atoms with Crippen molar-refractivity contribution in [3.8, 4) is 5.75 Å². The molecular formula is C12H15NO. The highest BCUT2D eigenvalue weighted by atomic mass is 16.5. The molecule has 2 heteroatoms. The molecule has 0 amide bonds. The fourth-order valence-corrected chi connectivity index (χ4v) is 2.48. The van der Waals surface area contributed by atoms with E-state index in [9.17, 15) is 0 Å². The maximum atomic E-state index is 5.68. The van der Waals surface area contributed by atoms with Gasteiger partial charge in [-0.1, -0.05) is 12.1 Å². The molecule has 0 unspecified atom stereocenters. The fourth-order valence-electron chi connectivity index (χ4n) is 2.48. The van der Waals surface area contributed by atoms with Crippen molar-refractivity contribution < 1.29 is 4.74 Å². The molecule has 74 valence electrons. The predicted molar refractivity (Wildman–Crippen MR) is 55.5 cm³/mol. The summed E-state index contributed by atoms with van der Waals surface area (Å²) in [5, 5.41) is 0. The lowest BCUT2D eigenvalue weighted by molar-refractivity contribution is 0.357. The minimum absolute atomic E-state index is 0.719. The summed E-state index contributed by atoms with van der Waals surface area (Å²) in [7, 11) is 0. The minimum atomic E-state index is 0.719. The minimum Gasteiger partial charge on any atom is -0.493 e. The van der Waals surface area contributed by atoms with Gasteiger partial charge in [0.25, 0.3) is 0 Å². The van der Waals surface area contributed by atoms with Crippen molar-refractivity contribution in [3.05, 3.63) is 29.3 Å². The van der Waals surface area contributed by atoms with Crippen molar-refractivity contribution in [2.75, 3.05) is 13.2 Å². The van der Waals surface area contributed by atoms with Crippen LogP contribution in [0, 0.1) is 5.92 Å². The normalized spacial score (nSPS) is 28.4. The summed E-state index contributed by atoms with van der Waals surface area (Å²) in [6.45, 7) is 1.68. The maximum Gasteiger partial charge on any atom is 0.122 e. The molecule has 0 spiro atoms. The van der Waals surface area contributed by atoms with Gasteiger partial charge in [-0.05, 0) is 36.4 Å². The van der Waals surface area contributed by atoms with Crippen molar-refractivity contribution in [1.29, 1.82) is 0 Å². The van der Waals surface area contributed by atoms with Crippen LogP contribution >= 0.6 is 0 Å². The van der Waals surface area contributed by atoms with Crippen molar-refractivity contribution in [2.45, 2.75) is 18.8 Å². The highest BCUT2D eigenvalue weighted by molar-refractivity contribution is 5.46. The van der Waals surface area contributed by atoms with Gasteiger partial charge in [0.15, 0.2) is 0 Å². The molecule has 1 aromatic rings. The molecule has 2 aliphatic rings. The molecule has 3 rings (SSSR count). The van der Waals surface area contributed by atoms with Crippen LogP contribution in [0.4, 0.5) is 0 Å². The Morgan fingerprint density at radius 1 is 1.43 bits per heavy atom. The Bertz CT molecular complexity index is 361. The van der Waals surface area contributed by atoms with Crippen LogP contribution in [-0.4, -0.2) is 13.2 Å². The summed E-state index contributed by atoms with van der Waals surface area (Å²) < 4.78 is 5.55. The third-order valence-electron chi connectivity index (χ3n) is 3.40. The number of nitrogens with two attached hydrogens (primary N) is 1. The highest BCUT2D eigenvalue weighted by Crippen LogP contribution is 2.49. The second kappa shape index (κ2) is 2.99. The number of rotatable bonds is 2. The maximum absolute atomic E-state index is 5.68. The Morgan fingerprint density at radius 3 is 3.14 bits per heavy atom. The van der Waals surface area contributed by atoms with Crippen LogP contribution in [0.15, 0.2) is 18.2 Å². The van der Waals surface area contributed by atoms with E-state index in [1.165, 1.54) is 17.5 Å². The van der Waals surface area contributed by atoms with Crippen LogP contribution < -0.4 is 10.5 Å². The zero-order valence-electron chi connectivity index (χ0n) is 8.20. The lowest BCUT2D eigenvalue weighted by Gasteiger charge is -2.05. The first-order chi connectivity index (χ1) is 6.90. The Kier molecular flexibility index (Phi) is 1.77. The van der Waals surface area contributed by atoms with Gasteiger partial charge in [0.05, 0.1) is 6.61 Å². The number of fused-ring (bicyclic) bond motifs is 1. The van der Waals surface area contributed by atoms with E-state index in [0.717, 1.165) is 37.2 Å². The number of hydrogen-bond acceptors (Lipinski definition) is 2. The number of hydrogen-bond donors (Lipinski definition) is 1. The monoisotopic (exact) mass is 189 g/mol. The van der Waals surface area contributed by atoms with E-state index in [1.807, 2.05) is 0 Å². The van der Waals surface area contributed by atoms with Gasteiger partial charge in [0.1, 0.15) is 5.75 Å². The quantitative estimate of drug-likeness (QED) is 0.768. The fraction of sp³-hybridized carbons (Fsp3) is 0.500. The van der Waals surface area contributed by atoms with E-state index in [2.05, 4.69) is 18.2 Å². The molecule has 0 saturated heterocycles. The largest absolute Gasteiger partial charge is 0.493 e. The summed E-state index contributed by atoms with van der Waals surface area (Å²) in [4.78, 5) is 0. The average Bonchev–Trinajstić information content (AvgIpc) is 2.85. The molecule has 1 fully saturated rings. The molecule has 14 heavy (non-hydrogen) atoms. The van der Waals surface area contributed by atoms with Crippen molar-refractivity contribution in [2.24, 2.45) is 11.7 Å². The van der Waals surface area contributed by atoms with Gasteiger partial charge in [-0.2, -0.15) is 0 Å². The summed E-state index contributed by atoms with van der Waals surface area (Å²) in [5.41, 5.74) is 8.61. The Morgan fingerprint density at radius 2 is 2.36 bits per heavy atom. The molecule has 2 nitrogen and oxygen atoms in total. The Balaban J connectivity index is 1.95. The molecule has 0 radical (unpaired) electrons. The summed E-state index contributed by atoms with van der Waals surface area (Å²) in [5.74, 6) is 2.55. The van der Waals surface area contributed by atoms with E-state index < -0.39 is 0 Å². The molecular weight excluding hydrogens is 174 g/mol. The van der Waals surface area contributed by atoms with E-state index in [-0.39, 0.29) is 0 Å². The number of benzene rings is 1. The van der Waals surface area contributed by atoms with Crippen molar-refractivity contribution in [3.63, 3.8) is 0 Å². The average molecular weight is 189 g/mol. The van der Waals surface area contributed by atoms with Crippen LogP contribution in [0.3, 0.4) is 0 Å². The van der Waals surface area contributed by atoms with Gasteiger partial charge in [-0.3, -0.25) is 0 Å². The van der Waals surface area contributed by atoms with Gasteiger partial charge in [-0.15, -0.1) is 0 Å². The lowest BCUT2D eigenvalue weighted by atomic mass is 10.00. The van der Waals surface area contributed by atoms with Crippen LogP contribution in [0.2, 0.25) is 0 Å². The third-order valence-corrected chi connectivity index (χ3v) is 3.40. The summed E-state index contributed by atoms with van der Waals surface area (Å²) in [6.07, 6.45) is 2.35. The molecule has 2 N–H and O–H groups in total. The zero-order chi connectivity index (χ0) is 9.54. The molecule has 2 atom stereocenters. The topological polar surface area (TPSA) is 35.2 Å². The zero-order valence-corrected chi connectivity index (χ0v) is 8.20. The van der Waals surface area contributed by atoms with E-state index in [1.54, 1.807) is 0 Å². The van der Waals surface area contributed by atoms with Crippen molar-refractivity contribution in [1.82, 2.24) is 0 Å². The Labute approximate surface area is 84.1 Å². The van der Waals surface area contributed by atoms with Gasteiger partial charge < -0.3 is 10.5 Å². The van der Waals surface area contributed by atoms with E-state index in [4.69, 9.17) is 10.5 Å². The van der Waals surface area contributed by atoms with Crippen molar-refractivity contribution >= 4 is 0 Å². The van der Waals surface area contributed by atoms with Gasteiger partial charge in [-0.25, -0.2) is 0 Å². The van der Waals surface area contributed by atoms with Gasteiger partial charge in [0, 0.05) is 12.0 Å². The van der Waals surface area contributed by atoms with E-state index in [0.29, 0.717) is 0 Å². The molecule has 0 bridgehead atoms. The molecule has 1 heterocycles. The first-order valence-corrected chi connectivity index (χ1v) is 5.35. The summed E-state index contributed by atoms with van der Waals surface area (Å²) in [6, 6.07) is 6.42. The third kappa shape index (κ3) is 1.14. The lowest BCUT2D eigenvalue weighted by Crippen LogP contribution is -2.02. The molecule has 1 aliphatic carbocycles. The van der Waals surface area contributed by atoms with E-state index >= 15 is 0 Å². The highest BCUT2D eigenvalue weighted by Gasteiger charge is 2.39. The van der Waals surface area contributed by atoms with Crippen LogP contribution in [0.25, 0.3) is 0 Å². The van der Waals surface area contributed by atoms with Crippen LogP contribution in [-0.2, 0) is 6.42 Å². The summed E-state index contributed by atoms with van der Waals surface area (Å²) >= 11 is 0. The van der Waals surface area contributed by atoms with Crippen LogP contribution in [0.1, 0.15) is 23.5 Å². The second-order valence-corrected chi connectivity index (χ2v) is 4.26. The second-order valence-electron chi connectivity index (χ2n) is 4.26. The molecule has 1 saturated carbocycles. The number of ether oxygens (including phenoxy) is 1. The Hall–Kier alpha value is -1.02. The first kappa shape index (κ1) is 8.30. The smallest absolute Gasteiger partial charge is 0.122 e. The van der Waals surface area contributed by atoms with Gasteiger partial charge >= 0.3 is 0 Å². The van der Waals surface area contributed by atoms with Gasteiger partial charge in [0.2, 0.25) is 0 Å². The molecule has 1 aliphatic heterocycles. The molecule has 1 aromatic carbocycles. The van der Waals surface area contributed by atoms with Crippen LogP contribution in [0.5, 0.6) is 5.75 Å².